The van der Waals surface area contributed by atoms with Gasteiger partial charge in [-0.2, -0.15) is 0 Å². The van der Waals surface area contributed by atoms with Crippen molar-refractivity contribution in [3.05, 3.63) is 40.6 Å². The molecule has 3 rings (SSSR count). The minimum atomic E-state index is -1.10. The van der Waals surface area contributed by atoms with Crippen molar-refractivity contribution >= 4 is 11.0 Å². The van der Waals surface area contributed by atoms with Crippen LogP contribution in [0.1, 0.15) is 6.92 Å². The Morgan fingerprint density at radius 3 is 2.14 bits per heavy atom. The van der Waals surface area contributed by atoms with E-state index in [-0.39, 0.29) is 33.6 Å². The summed E-state index contributed by atoms with van der Waals surface area (Å²) in [5, 5.41) is 9.82. The molecule has 1 N–H and O–H groups in total. The van der Waals surface area contributed by atoms with Crippen LogP contribution in [0.15, 0.2) is 39.5 Å². The summed E-state index contributed by atoms with van der Waals surface area (Å²) in [6.45, 7) is 1.45. The van der Waals surface area contributed by atoms with E-state index >= 15 is 0 Å². The molecule has 0 aliphatic heterocycles. The van der Waals surface area contributed by atoms with Gasteiger partial charge in [0, 0.05) is 17.7 Å². The SMILES string of the molecule is COc1ccc(-c2cc(=O)c3c(OC)c(OC)c(OC(C)O)cc3o2)cc1OC. The molecule has 0 amide bonds. The fourth-order valence-corrected chi connectivity index (χ4v) is 3.04. The Morgan fingerprint density at radius 1 is 0.862 bits per heavy atom. The molecule has 1 heterocycles. The Balaban J connectivity index is 2.27. The summed E-state index contributed by atoms with van der Waals surface area (Å²) in [5.74, 6) is 1.90. The highest BCUT2D eigenvalue weighted by molar-refractivity contribution is 5.90. The smallest absolute Gasteiger partial charge is 0.204 e. The molecule has 1 atom stereocenters. The standard InChI is InChI=1S/C21H22O8/c1-11(22)28-18-10-17-19(21(27-5)20(18)26-4)13(23)9-15(29-17)12-6-7-14(24-2)16(8-12)25-3/h6-11,22H,1-5H3. The van der Waals surface area contributed by atoms with Crippen LogP contribution < -0.4 is 29.1 Å². The summed E-state index contributed by atoms with van der Waals surface area (Å²) in [7, 11) is 5.88. The van der Waals surface area contributed by atoms with E-state index in [2.05, 4.69) is 0 Å². The summed E-state index contributed by atoms with van der Waals surface area (Å²) in [6, 6.07) is 8.01. The van der Waals surface area contributed by atoms with Crippen molar-refractivity contribution in [3.8, 4) is 40.1 Å². The molecule has 0 aliphatic carbocycles. The molecular formula is C21H22O8. The lowest BCUT2D eigenvalue weighted by atomic mass is 10.1. The molecule has 0 fully saturated rings. The third kappa shape index (κ3) is 3.79. The van der Waals surface area contributed by atoms with Crippen molar-refractivity contribution in [1.29, 1.82) is 0 Å². The predicted molar refractivity (Wildman–Crippen MR) is 106 cm³/mol. The molecule has 154 valence electrons. The van der Waals surface area contributed by atoms with E-state index in [1.165, 1.54) is 47.5 Å². The highest BCUT2D eigenvalue weighted by Gasteiger charge is 2.22. The first kappa shape index (κ1) is 20.3. The summed E-state index contributed by atoms with van der Waals surface area (Å²) in [5.41, 5.74) is 0.514. The fourth-order valence-electron chi connectivity index (χ4n) is 3.04. The molecule has 2 aromatic carbocycles. The lowest BCUT2D eigenvalue weighted by Crippen LogP contribution is -2.12. The lowest BCUT2D eigenvalue weighted by Gasteiger charge is -2.17. The topological polar surface area (TPSA) is 96.6 Å². The first-order chi connectivity index (χ1) is 13.9. The van der Waals surface area contributed by atoms with Crippen molar-refractivity contribution in [2.75, 3.05) is 28.4 Å². The second-order valence-corrected chi connectivity index (χ2v) is 6.08. The molecule has 0 bridgehead atoms. The number of ether oxygens (including phenoxy) is 5. The number of aliphatic hydroxyl groups excluding tert-OH is 1. The number of methoxy groups -OCH3 is 4. The third-order valence-electron chi connectivity index (χ3n) is 4.27. The van der Waals surface area contributed by atoms with Crippen LogP contribution >= 0.6 is 0 Å². The number of rotatable bonds is 7. The zero-order valence-electron chi connectivity index (χ0n) is 16.8. The molecule has 0 saturated carbocycles. The molecule has 3 aromatic rings. The molecule has 1 aromatic heterocycles. The van der Waals surface area contributed by atoms with Crippen LogP contribution in [0.5, 0.6) is 28.7 Å². The van der Waals surface area contributed by atoms with Gasteiger partial charge in [-0.05, 0) is 25.1 Å². The summed E-state index contributed by atoms with van der Waals surface area (Å²) < 4.78 is 32.6. The quantitative estimate of drug-likeness (QED) is 0.602. The van der Waals surface area contributed by atoms with Crippen molar-refractivity contribution < 1.29 is 33.2 Å². The van der Waals surface area contributed by atoms with Crippen molar-refractivity contribution in [1.82, 2.24) is 0 Å². The van der Waals surface area contributed by atoms with Gasteiger partial charge in [-0.25, -0.2) is 0 Å². The third-order valence-corrected chi connectivity index (χ3v) is 4.27. The Kier molecular flexibility index (Phi) is 5.84. The zero-order valence-corrected chi connectivity index (χ0v) is 16.8. The largest absolute Gasteiger partial charge is 0.493 e. The average Bonchev–Trinajstić information content (AvgIpc) is 2.71. The van der Waals surface area contributed by atoms with Gasteiger partial charge in [-0.15, -0.1) is 0 Å². The van der Waals surface area contributed by atoms with Crippen LogP contribution in [-0.2, 0) is 0 Å². The summed E-state index contributed by atoms with van der Waals surface area (Å²) in [4.78, 5) is 12.9. The average molecular weight is 402 g/mol. The minimum Gasteiger partial charge on any atom is -0.493 e. The predicted octanol–water partition coefficient (Wildman–Crippen LogP) is 3.21. The van der Waals surface area contributed by atoms with Crippen LogP contribution in [0.25, 0.3) is 22.3 Å². The maximum Gasteiger partial charge on any atom is 0.204 e. The van der Waals surface area contributed by atoms with E-state index in [1.54, 1.807) is 18.2 Å². The van der Waals surface area contributed by atoms with Crippen LogP contribution in [0.4, 0.5) is 0 Å². The first-order valence-electron chi connectivity index (χ1n) is 8.73. The Morgan fingerprint density at radius 2 is 1.55 bits per heavy atom. The van der Waals surface area contributed by atoms with Gasteiger partial charge in [0.2, 0.25) is 5.75 Å². The highest BCUT2D eigenvalue weighted by Crippen LogP contribution is 2.43. The van der Waals surface area contributed by atoms with Gasteiger partial charge in [0.1, 0.15) is 16.7 Å². The second kappa shape index (κ2) is 8.32. The molecule has 0 aliphatic rings. The fraction of sp³-hybridized carbons (Fsp3) is 0.286. The summed E-state index contributed by atoms with van der Waals surface area (Å²) >= 11 is 0. The monoisotopic (exact) mass is 402 g/mol. The van der Waals surface area contributed by atoms with Gasteiger partial charge in [0.25, 0.3) is 0 Å². The zero-order chi connectivity index (χ0) is 21.1. The number of hydrogen-bond donors (Lipinski definition) is 1. The van der Waals surface area contributed by atoms with E-state index in [0.29, 0.717) is 22.8 Å². The normalized spacial score (nSPS) is 11.8. The minimum absolute atomic E-state index is 0.160. The van der Waals surface area contributed by atoms with Crippen LogP contribution in [0.2, 0.25) is 0 Å². The second-order valence-electron chi connectivity index (χ2n) is 6.08. The van der Waals surface area contributed by atoms with E-state index in [9.17, 15) is 9.90 Å². The van der Waals surface area contributed by atoms with Crippen LogP contribution in [0.3, 0.4) is 0 Å². The maximum absolute atomic E-state index is 12.9. The molecule has 8 nitrogen and oxygen atoms in total. The Hall–Kier alpha value is -3.39. The van der Waals surface area contributed by atoms with Crippen LogP contribution in [0, 0.1) is 0 Å². The molecule has 0 saturated heterocycles. The van der Waals surface area contributed by atoms with E-state index in [0.717, 1.165) is 0 Å². The number of fused-ring (bicyclic) bond motifs is 1. The van der Waals surface area contributed by atoms with Gasteiger partial charge >= 0.3 is 0 Å². The molecule has 1 unspecified atom stereocenters. The van der Waals surface area contributed by atoms with E-state index in [4.69, 9.17) is 28.1 Å². The molecule has 0 spiro atoms. The number of benzene rings is 2. The molecular weight excluding hydrogens is 380 g/mol. The lowest BCUT2D eigenvalue weighted by molar-refractivity contribution is -0.00217. The molecule has 0 radical (unpaired) electrons. The molecule has 8 heteroatoms. The Bertz CT molecular complexity index is 1080. The molecule has 29 heavy (non-hydrogen) atoms. The van der Waals surface area contributed by atoms with Crippen molar-refractivity contribution in [2.45, 2.75) is 13.2 Å². The summed E-state index contributed by atoms with van der Waals surface area (Å²) in [6.07, 6.45) is -1.10. The Labute approximate surface area is 167 Å². The van der Waals surface area contributed by atoms with Crippen molar-refractivity contribution in [2.24, 2.45) is 0 Å². The van der Waals surface area contributed by atoms with E-state index < -0.39 is 6.29 Å². The van der Waals surface area contributed by atoms with Crippen molar-refractivity contribution in [3.63, 3.8) is 0 Å². The highest BCUT2D eigenvalue weighted by atomic mass is 16.6. The van der Waals surface area contributed by atoms with Gasteiger partial charge in [0.15, 0.2) is 34.7 Å². The van der Waals surface area contributed by atoms with Gasteiger partial charge in [0.05, 0.1) is 28.4 Å². The number of hydrogen-bond acceptors (Lipinski definition) is 8. The number of aliphatic hydroxyl groups is 1. The van der Waals surface area contributed by atoms with Gasteiger partial charge in [-0.1, -0.05) is 0 Å². The van der Waals surface area contributed by atoms with Gasteiger partial charge < -0.3 is 33.2 Å². The van der Waals surface area contributed by atoms with Gasteiger partial charge in [-0.3, -0.25) is 4.79 Å². The first-order valence-corrected chi connectivity index (χ1v) is 8.73. The van der Waals surface area contributed by atoms with Crippen LogP contribution in [-0.4, -0.2) is 39.8 Å². The van der Waals surface area contributed by atoms with E-state index in [1.807, 2.05) is 0 Å². The maximum atomic E-state index is 12.9.